The van der Waals surface area contributed by atoms with E-state index < -0.39 is 5.92 Å². The Kier molecular flexibility index (Phi) is 6.69. The molecule has 184 valence electrons. The van der Waals surface area contributed by atoms with E-state index in [4.69, 9.17) is 0 Å². The highest BCUT2D eigenvalue weighted by Gasteiger charge is 2.38. The second-order valence-electron chi connectivity index (χ2n) is 10.4. The number of nitrogens with zero attached hydrogens (tertiary/aromatic N) is 4. The maximum Gasteiger partial charge on any atom is 0.248 e. The van der Waals surface area contributed by atoms with E-state index in [2.05, 4.69) is 25.0 Å². The number of piperidine rings is 1. The van der Waals surface area contributed by atoms with Crippen molar-refractivity contribution in [2.24, 2.45) is 11.8 Å². The monoisotopic (exact) mass is 471 g/mol. The largest absolute Gasteiger partial charge is 0.349 e. The van der Waals surface area contributed by atoms with Gasteiger partial charge >= 0.3 is 0 Å². The Labute approximate surface area is 200 Å². The zero-order valence-electron chi connectivity index (χ0n) is 19.9. The van der Waals surface area contributed by atoms with E-state index in [1.807, 2.05) is 37.3 Å². The lowest BCUT2D eigenvalue weighted by molar-refractivity contribution is -0.130. The van der Waals surface area contributed by atoms with Gasteiger partial charge in [0.05, 0.1) is 6.04 Å². The number of hydrogen-bond donors (Lipinski definition) is 1. The number of hydrogen-bond acceptors (Lipinski definition) is 4. The summed E-state index contributed by atoms with van der Waals surface area (Å²) >= 11 is 0. The van der Waals surface area contributed by atoms with Gasteiger partial charge in [-0.05, 0) is 50.5 Å². The number of fused-ring (bicyclic) bond motifs is 3. The van der Waals surface area contributed by atoms with Crippen molar-refractivity contribution in [3.63, 3.8) is 0 Å². The van der Waals surface area contributed by atoms with Crippen LogP contribution >= 0.6 is 0 Å². The number of alkyl halides is 2. The number of carbonyl (C=O) groups is 1. The van der Waals surface area contributed by atoms with E-state index in [0.717, 1.165) is 62.5 Å². The van der Waals surface area contributed by atoms with Gasteiger partial charge in [-0.15, -0.1) is 10.2 Å². The SMILES string of the molecule is Cc1nnc2n1[C@@H]1CCN(CC[C@H](NC(=O)C3CCC(F)(F)CC3)c3ccccc3)C[C@@H]1CC2. The Morgan fingerprint density at radius 2 is 1.91 bits per heavy atom. The van der Waals surface area contributed by atoms with Gasteiger partial charge in [0.2, 0.25) is 11.8 Å². The zero-order chi connectivity index (χ0) is 23.7. The Morgan fingerprint density at radius 3 is 2.68 bits per heavy atom. The van der Waals surface area contributed by atoms with Crippen LogP contribution in [0.4, 0.5) is 8.78 Å². The number of halogens is 2. The number of aryl methyl sites for hydroxylation is 2. The molecule has 0 unspecified atom stereocenters. The average Bonchev–Trinajstić information content (AvgIpc) is 3.23. The lowest BCUT2D eigenvalue weighted by atomic mass is 9.84. The van der Waals surface area contributed by atoms with Gasteiger partial charge in [-0.25, -0.2) is 8.78 Å². The van der Waals surface area contributed by atoms with Gasteiger partial charge in [-0.1, -0.05) is 30.3 Å². The molecule has 5 rings (SSSR count). The van der Waals surface area contributed by atoms with Crippen molar-refractivity contribution in [3.05, 3.63) is 47.5 Å². The smallest absolute Gasteiger partial charge is 0.248 e. The second kappa shape index (κ2) is 9.72. The molecule has 34 heavy (non-hydrogen) atoms. The highest BCUT2D eigenvalue weighted by atomic mass is 19.3. The lowest BCUT2D eigenvalue weighted by Gasteiger charge is -2.42. The third-order valence-electron chi connectivity index (χ3n) is 8.13. The van der Waals surface area contributed by atoms with E-state index in [0.29, 0.717) is 12.0 Å². The van der Waals surface area contributed by atoms with Gasteiger partial charge in [0.15, 0.2) is 0 Å². The first-order valence-corrected chi connectivity index (χ1v) is 12.8. The molecule has 3 atom stereocenters. The Balaban J connectivity index is 1.20. The van der Waals surface area contributed by atoms with Crippen molar-refractivity contribution < 1.29 is 13.6 Å². The molecule has 1 saturated carbocycles. The third kappa shape index (κ3) is 5.02. The van der Waals surface area contributed by atoms with E-state index in [9.17, 15) is 13.6 Å². The highest BCUT2D eigenvalue weighted by molar-refractivity contribution is 5.79. The molecule has 0 radical (unpaired) electrons. The molecule has 0 spiro atoms. The maximum absolute atomic E-state index is 13.6. The first-order valence-electron chi connectivity index (χ1n) is 12.8. The van der Waals surface area contributed by atoms with Crippen LogP contribution in [0.5, 0.6) is 0 Å². The van der Waals surface area contributed by atoms with Crippen molar-refractivity contribution in [1.82, 2.24) is 25.0 Å². The van der Waals surface area contributed by atoms with Crippen molar-refractivity contribution >= 4 is 5.91 Å². The molecule has 1 aromatic carbocycles. The minimum absolute atomic E-state index is 0.0778. The van der Waals surface area contributed by atoms with Crippen LogP contribution in [-0.2, 0) is 11.2 Å². The standard InChI is InChI=1S/C26H35F2N5O/c1-18-30-31-24-8-7-21-17-32(16-12-23(21)33(18)24)15-11-22(19-5-3-2-4-6-19)29-25(34)20-9-13-26(27,28)14-10-20/h2-6,20-23H,7-17H2,1H3,(H,29,34)/t21-,22-,23+/m0/s1. The fourth-order valence-corrected chi connectivity index (χ4v) is 6.16. The Bertz CT molecular complexity index is 984. The van der Waals surface area contributed by atoms with Crippen LogP contribution in [0.1, 0.15) is 74.2 Å². The van der Waals surface area contributed by atoms with Gasteiger partial charge < -0.3 is 14.8 Å². The molecule has 1 amide bonds. The summed E-state index contributed by atoms with van der Waals surface area (Å²) < 4.78 is 29.5. The topological polar surface area (TPSA) is 63.1 Å². The number of benzene rings is 1. The van der Waals surface area contributed by atoms with E-state index in [-0.39, 0.29) is 43.6 Å². The van der Waals surface area contributed by atoms with Gasteiger partial charge in [0.25, 0.3) is 0 Å². The molecule has 1 aromatic heterocycles. The molecule has 2 aromatic rings. The van der Waals surface area contributed by atoms with Gasteiger partial charge in [0.1, 0.15) is 11.6 Å². The molecular formula is C26H35F2N5O. The molecule has 8 heteroatoms. The third-order valence-corrected chi connectivity index (χ3v) is 8.13. The Morgan fingerprint density at radius 1 is 1.15 bits per heavy atom. The first-order chi connectivity index (χ1) is 16.4. The minimum atomic E-state index is -2.62. The quantitative estimate of drug-likeness (QED) is 0.675. The van der Waals surface area contributed by atoms with E-state index in [1.165, 1.54) is 0 Å². The number of aromatic nitrogens is 3. The van der Waals surface area contributed by atoms with Crippen LogP contribution in [0.2, 0.25) is 0 Å². The molecule has 2 aliphatic heterocycles. The highest BCUT2D eigenvalue weighted by Crippen LogP contribution is 2.38. The molecule has 0 bridgehead atoms. The predicted molar refractivity (Wildman–Crippen MR) is 126 cm³/mol. The van der Waals surface area contributed by atoms with Crippen molar-refractivity contribution in [1.29, 1.82) is 0 Å². The molecule has 6 nitrogen and oxygen atoms in total. The Hall–Kier alpha value is -2.35. The van der Waals surface area contributed by atoms with Crippen LogP contribution in [0.25, 0.3) is 0 Å². The summed E-state index contributed by atoms with van der Waals surface area (Å²) in [5.41, 5.74) is 1.08. The van der Waals surface area contributed by atoms with Crippen LogP contribution in [0.15, 0.2) is 30.3 Å². The number of amides is 1. The summed E-state index contributed by atoms with van der Waals surface area (Å²) in [7, 11) is 0. The summed E-state index contributed by atoms with van der Waals surface area (Å²) in [5.74, 6) is -0.266. The summed E-state index contributed by atoms with van der Waals surface area (Å²) in [4.78, 5) is 15.5. The van der Waals surface area contributed by atoms with Crippen LogP contribution < -0.4 is 5.32 Å². The summed E-state index contributed by atoms with van der Waals surface area (Å²) in [6.45, 7) is 5.02. The van der Waals surface area contributed by atoms with Gasteiger partial charge in [0, 0.05) is 50.9 Å². The van der Waals surface area contributed by atoms with Gasteiger partial charge in [-0.2, -0.15) is 0 Å². The van der Waals surface area contributed by atoms with E-state index in [1.54, 1.807) is 0 Å². The van der Waals surface area contributed by atoms with Crippen LogP contribution in [0.3, 0.4) is 0 Å². The number of rotatable bonds is 6. The maximum atomic E-state index is 13.6. The normalized spacial score (nSPS) is 25.9. The zero-order valence-corrected chi connectivity index (χ0v) is 19.9. The summed E-state index contributed by atoms with van der Waals surface area (Å²) in [6, 6.07) is 10.4. The molecule has 2 fully saturated rings. The number of likely N-dealkylation sites (tertiary alicyclic amines) is 1. The van der Waals surface area contributed by atoms with Crippen molar-refractivity contribution in [3.8, 4) is 0 Å². The van der Waals surface area contributed by atoms with Crippen LogP contribution in [-0.4, -0.2) is 51.1 Å². The van der Waals surface area contributed by atoms with E-state index >= 15 is 0 Å². The molecular weight excluding hydrogens is 436 g/mol. The second-order valence-corrected chi connectivity index (χ2v) is 10.4. The first kappa shape index (κ1) is 23.4. The molecule has 1 aliphatic carbocycles. The summed E-state index contributed by atoms with van der Waals surface area (Å²) in [6.07, 6.45) is 4.18. The average molecular weight is 472 g/mol. The minimum Gasteiger partial charge on any atom is -0.349 e. The molecule has 3 aliphatic rings. The summed E-state index contributed by atoms with van der Waals surface area (Å²) in [5, 5.41) is 11.9. The molecule has 1 N–H and O–H groups in total. The number of nitrogens with one attached hydrogen (secondary N) is 1. The van der Waals surface area contributed by atoms with Crippen LogP contribution in [0, 0.1) is 18.8 Å². The predicted octanol–water partition coefficient (Wildman–Crippen LogP) is 4.47. The van der Waals surface area contributed by atoms with Gasteiger partial charge in [-0.3, -0.25) is 4.79 Å². The van der Waals surface area contributed by atoms with Crippen molar-refractivity contribution in [2.45, 2.75) is 76.3 Å². The molecule has 3 heterocycles. The fourth-order valence-electron chi connectivity index (χ4n) is 6.16. The lowest BCUT2D eigenvalue weighted by Crippen LogP contribution is -2.45. The molecule has 1 saturated heterocycles. The number of carbonyl (C=O) groups excluding carboxylic acids is 1. The van der Waals surface area contributed by atoms with Crippen molar-refractivity contribution in [2.75, 3.05) is 19.6 Å². The fraction of sp³-hybridized carbons (Fsp3) is 0.654.